The number of rotatable bonds is 6. The van der Waals surface area contributed by atoms with E-state index in [2.05, 4.69) is 12.6 Å². The first kappa shape index (κ1) is 12.8. The van der Waals surface area contributed by atoms with Crippen molar-refractivity contribution in [1.82, 2.24) is 0 Å². The molecule has 1 aromatic carbocycles. The molecule has 0 bridgehead atoms. The summed E-state index contributed by atoms with van der Waals surface area (Å²) in [4.78, 5) is 0.324. The summed E-state index contributed by atoms with van der Waals surface area (Å²) >= 11 is 5.23. The summed E-state index contributed by atoms with van der Waals surface area (Å²) < 4.78 is 31.0. The second-order valence-corrected chi connectivity index (χ2v) is 4.34. The molecule has 0 unspecified atom stereocenters. The van der Waals surface area contributed by atoms with Crippen LogP contribution in [0, 0.1) is 11.6 Å². The van der Waals surface area contributed by atoms with Crippen molar-refractivity contribution in [2.24, 2.45) is 0 Å². The molecule has 15 heavy (non-hydrogen) atoms. The molecular weight excluding hydrogens is 238 g/mol. The topological polar surface area (TPSA) is 9.23 Å². The molecule has 1 nitrogen and oxygen atoms in total. The normalized spacial score (nSPS) is 10.6. The zero-order chi connectivity index (χ0) is 11.1. The van der Waals surface area contributed by atoms with E-state index in [1.165, 1.54) is 17.8 Å². The average molecular weight is 250 g/mol. The van der Waals surface area contributed by atoms with Gasteiger partial charge in [-0.25, -0.2) is 8.78 Å². The van der Waals surface area contributed by atoms with Crippen LogP contribution in [0.15, 0.2) is 23.1 Å². The Morgan fingerprint density at radius 1 is 1.27 bits per heavy atom. The van der Waals surface area contributed by atoms with Crippen LogP contribution < -0.4 is 0 Å². The summed E-state index contributed by atoms with van der Waals surface area (Å²) in [5.41, 5.74) is 0. The van der Waals surface area contributed by atoms with Crippen LogP contribution in [0.1, 0.15) is 0 Å². The highest BCUT2D eigenvalue weighted by molar-refractivity contribution is 7.99. The SMILES string of the molecule is Fc1ccc(F)c(SCCOCCS)c1. The maximum atomic E-state index is 13.1. The maximum Gasteiger partial charge on any atom is 0.136 e. The molecule has 84 valence electrons. The molecule has 0 N–H and O–H groups in total. The molecule has 0 radical (unpaired) electrons. The van der Waals surface area contributed by atoms with E-state index in [1.54, 1.807) is 0 Å². The van der Waals surface area contributed by atoms with Crippen LogP contribution in [0.25, 0.3) is 0 Å². The fraction of sp³-hybridized carbons (Fsp3) is 0.400. The van der Waals surface area contributed by atoms with Crippen LogP contribution in [-0.2, 0) is 4.74 Å². The third-order valence-corrected chi connectivity index (χ3v) is 2.79. The minimum atomic E-state index is -0.421. The van der Waals surface area contributed by atoms with Gasteiger partial charge in [-0.3, -0.25) is 0 Å². The maximum absolute atomic E-state index is 13.1. The molecule has 0 aliphatic carbocycles. The quantitative estimate of drug-likeness (QED) is 0.472. The zero-order valence-corrected chi connectivity index (χ0v) is 9.79. The van der Waals surface area contributed by atoms with Crippen LogP contribution in [0.4, 0.5) is 8.78 Å². The predicted molar refractivity (Wildman–Crippen MR) is 61.8 cm³/mol. The average Bonchev–Trinajstić information content (AvgIpc) is 2.23. The summed E-state index contributed by atoms with van der Waals surface area (Å²) in [6, 6.07) is 3.43. The van der Waals surface area contributed by atoms with Gasteiger partial charge in [0.05, 0.1) is 13.2 Å². The van der Waals surface area contributed by atoms with Crippen molar-refractivity contribution < 1.29 is 13.5 Å². The Morgan fingerprint density at radius 3 is 2.80 bits per heavy atom. The summed E-state index contributed by atoms with van der Waals surface area (Å²) in [5, 5.41) is 0. The van der Waals surface area contributed by atoms with E-state index in [1.807, 2.05) is 0 Å². The summed E-state index contributed by atoms with van der Waals surface area (Å²) in [6.07, 6.45) is 0. The first-order valence-corrected chi connectivity index (χ1v) is 6.12. The molecule has 0 spiro atoms. The molecule has 0 saturated carbocycles. The van der Waals surface area contributed by atoms with Crippen molar-refractivity contribution in [2.75, 3.05) is 24.7 Å². The number of hydrogen-bond donors (Lipinski definition) is 1. The summed E-state index contributed by atoms with van der Waals surface area (Å²) in [6.45, 7) is 1.09. The van der Waals surface area contributed by atoms with Crippen LogP contribution in [0.3, 0.4) is 0 Å². The minimum absolute atomic E-state index is 0.324. The van der Waals surface area contributed by atoms with Crippen molar-refractivity contribution in [3.63, 3.8) is 0 Å². The lowest BCUT2D eigenvalue weighted by Gasteiger charge is -2.03. The smallest absolute Gasteiger partial charge is 0.136 e. The van der Waals surface area contributed by atoms with Crippen LogP contribution in [0.5, 0.6) is 0 Å². The van der Waals surface area contributed by atoms with Crippen molar-refractivity contribution in [2.45, 2.75) is 4.90 Å². The predicted octanol–water partition coefficient (Wildman–Crippen LogP) is 3.00. The lowest BCUT2D eigenvalue weighted by atomic mass is 10.3. The fourth-order valence-corrected chi connectivity index (χ4v) is 1.92. The molecule has 0 aromatic heterocycles. The van der Waals surface area contributed by atoms with Gasteiger partial charge in [0, 0.05) is 16.4 Å². The molecule has 1 aromatic rings. The van der Waals surface area contributed by atoms with Crippen molar-refractivity contribution >= 4 is 24.4 Å². The van der Waals surface area contributed by atoms with E-state index < -0.39 is 11.6 Å². The third-order valence-electron chi connectivity index (χ3n) is 1.61. The first-order valence-electron chi connectivity index (χ1n) is 4.50. The second kappa shape index (κ2) is 7.09. The number of ether oxygens (including phenoxy) is 1. The Labute approximate surface area is 97.6 Å². The van der Waals surface area contributed by atoms with Gasteiger partial charge in [-0.05, 0) is 18.2 Å². The Hall–Kier alpha value is -0.260. The Balaban J connectivity index is 2.33. The Morgan fingerprint density at radius 2 is 2.07 bits per heavy atom. The Kier molecular flexibility index (Phi) is 6.05. The molecule has 5 heteroatoms. The highest BCUT2D eigenvalue weighted by Crippen LogP contribution is 2.22. The molecule has 0 atom stereocenters. The summed E-state index contributed by atoms with van der Waals surface area (Å²) in [7, 11) is 0. The molecule has 0 fully saturated rings. The van der Waals surface area contributed by atoms with Crippen molar-refractivity contribution in [1.29, 1.82) is 0 Å². The standard InChI is InChI=1S/C10H12F2OS2/c11-8-1-2-9(12)10(7-8)15-6-4-13-3-5-14/h1-2,7,14H,3-6H2. The Bertz CT molecular complexity index is 307. The first-order chi connectivity index (χ1) is 7.24. The lowest BCUT2D eigenvalue weighted by Crippen LogP contribution is -2.00. The van der Waals surface area contributed by atoms with Gasteiger partial charge >= 0.3 is 0 Å². The van der Waals surface area contributed by atoms with Crippen LogP contribution >= 0.6 is 24.4 Å². The van der Waals surface area contributed by atoms with Crippen molar-refractivity contribution in [3.8, 4) is 0 Å². The van der Waals surface area contributed by atoms with E-state index in [0.717, 1.165) is 12.1 Å². The van der Waals surface area contributed by atoms with Gasteiger partial charge in [0.2, 0.25) is 0 Å². The molecule has 0 aliphatic rings. The lowest BCUT2D eigenvalue weighted by molar-refractivity contribution is 0.167. The highest BCUT2D eigenvalue weighted by Gasteiger charge is 2.03. The fourth-order valence-electron chi connectivity index (χ4n) is 0.965. The minimum Gasteiger partial charge on any atom is -0.380 e. The molecule has 0 heterocycles. The second-order valence-electron chi connectivity index (χ2n) is 2.76. The van der Waals surface area contributed by atoms with Crippen LogP contribution in [0.2, 0.25) is 0 Å². The van der Waals surface area contributed by atoms with E-state index in [-0.39, 0.29) is 0 Å². The molecule has 1 rings (SSSR count). The number of halogens is 2. The molecule has 0 saturated heterocycles. The number of hydrogen-bond acceptors (Lipinski definition) is 3. The van der Waals surface area contributed by atoms with Gasteiger partial charge in [0.15, 0.2) is 0 Å². The third kappa shape index (κ3) is 4.86. The monoisotopic (exact) mass is 250 g/mol. The van der Waals surface area contributed by atoms with E-state index >= 15 is 0 Å². The number of thioether (sulfide) groups is 1. The highest BCUT2D eigenvalue weighted by atomic mass is 32.2. The number of thiol groups is 1. The van der Waals surface area contributed by atoms with E-state index in [4.69, 9.17) is 4.74 Å². The summed E-state index contributed by atoms with van der Waals surface area (Å²) in [5.74, 6) is 0.457. The number of benzene rings is 1. The van der Waals surface area contributed by atoms with Crippen molar-refractivity contribution in [3.05, 3.63) is 29.8 Å². The van der Waals surface area contributed by atoms with Crippen LogP contribution in [-0.4, -0.2) is 24.7 Å². The largest absolute Gasteiger partial charge is 0.380 e. The van der Waals surface area contributed by atoms with Gasteiger partial charge in [0.1, 0.15) is 11.6 Å². The van der Waals surface area contributed by atoms with Gasteiger partial charge in [-0.1, -0.05) is 0 Å². The van der Waals surface area contributed by atoms with Gasteiger partial charge in [0.25, 0.3) is 0 Å². The molecular formula is C10H12F2OS2. The zero-order valence-electron chi connectivity index (χ0n) is 8.08. The van der Waals surface area contributed by atoms with E-state index in [0.29, 0.717) is 29.6 Å². The van der Waals surface area contributed by atoms with Gasteiger partial charge < -0.3 is 4.74 Å². The van der Waals surface area contributed by atoms with E-state index in [9.17, 15) is 8.78 Å². The molecule has 0 amide bonds. The van der Waals surface area contributed by atoms with Gasteiger partial charge in [-0.15, -0.1) is 11.8 Å². The van der Waals surface area contributed by atoms with Gasteiger partial charge in [-0.2, -0.15) is 12.6 Å². The molecule has 0 aliphatic heterocycles.